The lowest BCUT2D eigenvalue weighted by Crippen LogP contribution is -2.30. The van der Waals surface area contributed by atoms with Gasteiger partial charge in [-0.2, -0.15) is 0 Å². The molecule has 2 atom stereocenters. The van der Waals surface area contributed by atoms with Gasteiger partial charge in [-0.05, 0) is 69.4 Å². The number of fused-ring (bicyclic) bond motifs is 2. The highest BCUT2D eigenvalue weighted by Gasteiger charge is 2.42. The second kappa shape index (κ2) is 8.97. The zero-order valence-corrected chi connectivity index (χ0v) is 13.7. The third-order valence-corrected chi connectivity index (χ3v) is 4.75. The van der Waals surface area contributed by atoms with Crippen molar-refractivity contribution in [1.29, 1.82) is 0 Å². The lowest BCUT2D eigenvalue weighted by Gasteiger charge is -2.21. The van der Waals surface area contributed by atoms with Crippen molar-refractivity contribution in [2.24, 2.45) is 11.3 Å². The molecule has 2 heteroatoms. The molecule has 4 fully saturated rings. The summed E-state index contributed by atoms with van der Waals surface area (Å²) in [5.41, 5.74) is 0.818. The van der Waals surface area contributed by atoms with Gasteiger partial charge in [0.15, 0.2) is 0 Å². The first-order chi connectivity index (χ1) is 9.36. The fourth-order valence-corrected chi connectivity index (χ4v) is 3.41. The molecule has 1 spiro atoms. The van der Waals surface area contributed by atoms with Gasteiger partial charge < -0.3 is 10.6 Å². The summed E-state index contributed by atoms with van der Waals surface area (Å²) in [6.07, 6.45) is 10.3. The molecule has 0 aromatic rings. The Hall–Kier alpha value is -0.0800. The Morgan fingerprint density at radius 2 is 1.68 bits per heavy atom. The average Bonchev–Trinajstić information content (AvgIpc) is 2.96. The van der Waals surface area contributed by atoms with Crippen molar-refractivity contribution in [2.45, 2.75) is 78.7 Å². The Morgan fingerprint density at radius 3 is 1.89 bits per heavy atom. The van der Waals surface area contributed by atoms with Crippen LogP contribution in [0.3, 0.4) is 0 Å². The molecule has 2 nitrogen and oxygen atoms in total. The van der Waals surface area contributed by atoms with Gasteiger partial charge in [0.05, 0.1) is 0 Å². The molecule has 2 saturated heterocycles. The molecule has 2 aliphatic carbocycles. The molecular formula is C17H36N2. The summed E-state index contributed by atoms with van der Waals surface area (Å²) in [7, 11) is 0. The fraction of sp³-hybridized carbons (Fsp3) is 1.00. The van der Waals surface area contributed by atoms with E-state index in [0.29, 0.717) is 0 Å². The molecule has 19 heavy (non-hydrogen) atoms. The minimum Gasteiger partial charge on any atom is -0.316 e. The van der Waals surface area contributed by atoms with Crippen LogP contribution in [-0.4, -0.2) is 25.7 Å². The van der Waals surface area contributed by atoms with E-state index in [0.717, 1.165) is 17.4 Å². The second-order valence-corrected chi connectivity index (χ2v) is 6.06. The molecule has 4 rings (SSSR count). The van der Waals surface area contributed by atoms with Gasteiger partial charge in [0.25, 0.3) is 0 Å². The van der Waals surface area contributed by atoms with Crippen LogP contribution in [0.2, 0.25) is 0 Å². The maximum atomic E-state index is 3.46. The molecule has 0 radical (unpaired) electrons. The summed E-state index contributed by atoms with van der Waals surface area (Å²) >= 11 is 0. The van der Waals surface area contributed by atoms with E-state index in [1.54, 1.807) is 0 Å². The van der Waals surface area contributed by atoms with E-state index in [1.807, 2.05) is 27.7 Å². The fourth-order valence-electron chi connectivity index (χ4n) is 3.41. The van der Waals surface area contributed by atoms with Crippen molar-refractivity contribution < 1.29 is 0 Å². The zero-order valence-electron chi connectivity index (χ0n) is 13.7. The normalized spacial score (nSPS) is 32.2. The topological polar surface area (TPSA) is 24.1 Å². The van der Waals surface area contributed by atoms with Gasteiger partial charge in [-0.1, -0.05) is 27.7 Å². The Bertz CT molecular complexity index is 197. The lowest BCUT2D eigenvalue weighted by molar-refractivity contribution is 0.358. The summed E-state index contributed by atoms with van der Waals surface area (Å²) in [5.74, 6) is 1.06. The van der Waals surface area contributed by atoms with E-state index in [2.05, 4.69) is 10.6 Å². The molecule has 2 aliphatic heterocycles. The van der Waals surface area contributed by atoms with Crippen LogP contribution >= 0.6 is 0 Å². The smallest absolute Gasteiger partial charge is 0.00704 e. The Labute approximate surface area is 121 Å². The summed E-state index contributed by atoms with van der Waals surface area (Å²) in [6.45, 7) is 11.9. The van der Waals surface area contributed by atoms with Crippen LogP contribution in [0.1, 0.15) is 72.6 Å². The third-order valence-electron chi connectivity index (χ3n) is 4.75. The van der Waals surface area contributed by atoms with Gasteiger partial charge >= 0.3 is 0 Å². The van der Waals surface area contributed by atoms with Crippen molar-refractivity contribution in [2.75, 3.05) is 19.6 Å². The standard InChI is InChI=1S/C7H13N.C6H11N.2C2H6/c1-2-7(3-4-7)6-8-5-1;1-2-6-3-5(1)4-7-6;2*1-2/h8H,1-6H2;5-7H,1-4H2;2*1-2H3. The molecule has 2 N–H and O–H groups in total. The van der Waals surface area contributed by atoms with Crippen molar-refractivity contribution in [3.05, 3.63) is 0 Å². The van der Waals surface area contributed by atoms with E-state index >= 15 is 0 Å². The molecule has 2 unspecified atom stereocenters. The SMILES string of the molecule is C1CC2CC1CN2.C1CNCC2(C1)CC2.CC.CC. The van der Waals surface area contributed by atoms with Crippen LogP contribution in [0.5, 0.6) is 0 Å². The molecule has 2 saturated carbocycles. The van der Waals surface area contributed by atoms with E-state index in [-0.39, 0.29) is 0 Å². The summed E-state index contributed by atoms with van der Waals surface area (Å²) in [4.78, 5) is 0. The van der Waals surface area contributed by atoms with Gasteiger partial charge in [0, 0.05) is 12.6 Å². The van der Waals surface area contributed by atoms with Crippen LogP contribution in [0.4, 0.5) is 0 Å². The summed E-state index contributed by atoms with van der Waals surface area (Å²) in [6, 6.07) is 0.921. The number of rotatable bonds is 0. The highest BCUT2D eigenvalue weighted by Crippen LogP contribution is 2.50. The predicted molar refractivity (Wildman–Crippen MR) is 85.6 cm³/mol. The minimum atomic E-state index is 0.818. The van der Waals surface area contributed by atoms with Gasteiger partial charge in [-0.3, -0.25) is 0 Å². The maximum absolute atomic E-state index is 3.46. The van der Waals surface area contributed by atoms with Crippen LogP contribution < -0.4 is 10.6 Å². The van der Waals surface area contributed by atoms with E-state index < -0.39 is 0 Å². The Kier molecular flexibility index (Phi) is 8.01. The number of piperidine rings is 2. The van der Waals surface area contributed by atoms with Crippen molar-refractivity contribution in [3.8, 4) is 0 Å². The Morgan fingerprint density at radius 1 is 0.947 bits per heavy atom. The molecule has 2 heterocycles. The van der Waals surface area contributed by atoms with Crippen LogP contribution in [-0.2, 0) is 0 Å². The van der Waals surface area contributed by atoms with Crippen LogP contribution in [0.25, 0.3) is 0 Å². The van der Waals surface area contributed by atoms with E-state index in [9.17, 15) is 0 Å². The predicted octanol–water partition coefficient (Wildman–Crippen LogP) is 3.96. The first kappa shape index (κ1) is 17.0. The van der Waals surface area contributed by atoms with Gasteiger partial charge in [0.2, 0.25) is 0 Å². The van der Waals surface area contributed by atoms with E-state index in [1.165, 1.54) is 64.6 Å². The largest absolute Gasteiger partial charge is 0.316 e. The third kappa shape index (κ3) is 5.43. The molecule has 0 amide bonds. The molecule has 0 aromatic heterocycles. The number of hydrogen-bond acceptors (Lipinski definition) is 2. The monoisotopic (exact) mass is 268 g/mol. The maximum Gasteiger partial charge on any atom is 0.00704 e. The molecule has 4 aliphatic rings. The molecule has 114 valence electrons. The quantitative estimate of drug-likeness (QED) is 0.695. The van der Waals surface area contributed by atoms with Crippen LogP contribution in [0.15, 0.2) is 0 Å². The van der Waals surface area contributed by atoms with Crippen molar-refractivity contribution in [1.82, 2.24) is 10.6 Å². The first-order valence-electron chi connectivity index (χ1n) is 8.80. The van der Waals surface area contributed by atoms with Gasteiger partial charge in [0.1, 0.15) is 0 Å². The van der Waals surface area contributed by atoms with E-state index in [4.69, 9.17) is 0 Å². The highest BCUT2D eigenvalue weighted by atomic mass is 15.0. The Balaban J connectivity index is 0.000000152. The zero-order chi connectivity index (χ0) is 14.1. The highest BCUT2D eigenvalue weighted by molar-refractivity contribution is 4.96. The van der Waals surface area contributed by atoms with Crippen LogP contribution in [0, 0.1) is 11.3 Å². The number of hydrogen-bond donors (Lipinski definition) is 2. The number of nitrogens with one attached hydrogen (secondary N) is 2. The summed E-state index contributed by atoms with van der Waals surface area (Å²) in [5, 5.41) is 6.89. The molecule has 0 aromatic carbocycles. The average molecular weight is 268 g/mol. The van der Waals surface area contributed by atoms with Gasteiger partial charge in [-0.15, -0.1) is 0 Å². The van der Waals surface area contributed by atoms with Crippen molar-refractivity contribution >= 4 is 0 Å². The second-order valence-electron chi connectivity index (χ2n) is 6.06. The lowest BCUT2D eigenvalue weighted by atomic mass is 9.97. The van der Waals surface area contributed by atoms with Crippen molar-refractivity contribution in [3.63, 3.8) is 0 Å². The van der Waals surface area contributed by atoms with Gasteiger partial charge in [-0.25, -0.2) is 0 Å². The minimum absolute atomic E-state index is 0.818. The first-order valence-corrected chi connectivity index (χ1v) is 8.80. The molecular weight excluding hydrogens is 232 g/mol. The summed E-state index contributed by atoms with van der Waals surface area (Å²) < 4.78 is 0. The molecule has 2 bridgehead atoms.